The van der Waals surface area contributed by atoms with Crippen LogP contribution in [-0.2, 0) is 10.2 Å². The van der Waals surface area contributed by atoms with Gasteiger partial charge < -0.3 is 9.88 Å². The average Bonchev–Trinajstić information content (AvgIpc) is 3.07. The maximum absolute atomic E-state index is 12.7. The Labute approximate surface area is 181 Å². The number of rotatable bonds is 4. The number of aromatic amines is 1. The number of benzene rings is 2. The van der Waals surface area contributed by atoms with Gasteiger partial charge in [0.15, 0.2) is 0 Å². The number of piperidine rings is 1. The highest BCUT2D eigenvalue weighted by molar-refractivity contribution is 8.00. The van der Waals surface area contributed by atoms with E-state index in [0.717, 1.165) is 28.8 Å². The normalized spacial score (nSPS) is 15.6. The van der Waals surface area contributed by atoms with Crippen molar-refractivity contribution < 1.29 is 4.79 Å². The van der Waals surface area contributed by atoms with Crippen molar-refractivity contribution in [1.82, 2.24) is 14.5 Å². The molecule has 0 radical (unpaired) electrons. The van der Waals surface area contributed by atoms with E-state index in [0.29, 0.717) is 18.8 Å². The number of nitrogens with zero attached hydrogens (tertiary/aromatic N) is 2. The Morgan fingerprint density at radius 1 is 1.07 bits per heavy atom. The predicted molar refractivity (Wildman–Crippen MR) is 123 cm³/mol. The van der Waals surface area contributed by atoms with Gasteiger partial charge in [-0.2, -0.15) is 0 Å². The highest BCUT2D eigenvalue weighted by atomic mass is 32.2. The Balaban J connectivity index is 1.33. The van der Waals surface area contributed by atoms with Gasteiger partial charge in [0.05, 0.1) is 16.8 Å². The molecule has 1 aromatic heterocycles. The zero-order valence-corrected chi connectivity index (χ0v) is 18.7. The van der Waals surface area contributed by atoms with Gasteiger partial charge in [0.2, 0.25) is 5.91 Å². The first-order chi connectivity index (χ1) is 14.3. The van der Waals surface area contributed by atoms with Crippen LogP contribution in [-0.4, -0.2) is 39.2 Å². The number of thioether (sulfide) groups is 1. The number of nitrogens with one attached hydrogen (secondary N) is 1. The van der Waals surface area contributed by atoms with E-state index in [1.165, 1.54) is 5.56 Å². The molecule has 4 rings (SSSR count). The molecule has 1 N–H and O–H groups in total. The summed E-state index contributed by atoms with van der Waals surface area (Å²) >= 11 is 1.59. The smallest absolute Gasteiger partial charge is 0.326 e. The summed E-state index contributed by atoms with van der Waals surface area (Å²) in [5, 5.41) is 0. The van der Waals surface area contributed by atoms with Gasteiger partial charge in [0.25, 0.3) is 0 Å². The minimum Gasteiger partial charge on any atom is -0.342 e. The van der Waals surface area contributed by atoms with Crippen LogP contribution in [0.4, 0.5) is 0 Å². The van der Waals surface area contributed by atoms with Crippen LogP contribution in [0.15, 0.2) is 58.2 Å². The number of imidazole rings is 1. The molecule has 0 atom stereocenters. The Kier molecular flexibility index (Phi) is 5.78. The highest BCUT2D eigenvalue weighted by Gasteiger charge is 2.26. The fourth-order valence-corrected chi connectivity index (χ4v) is 4.90. The van der Waals surface area contributed by atoms with Crippen LogP contribution < -0.4 is 5.69 Å². The lowest BCUT2D eigenvalue weighted by Crippen LogP contribution is -2.41. The van der Waals surface area contributed by atoms with E-state index >= 15 is 0 Å². The number of carbonyl (C=O) groups is 1. The zero-order valence-electron chi connectivity index (χ0n) is 17.9. The van der Waals surface area contributed by atoms with E-state index in [4.69, 9.17) is 0 Å². The molecule has 1 aliphatic rings. The van der Waals surface area contributed by atoms with Gasteiger partial charge in [-0.25, -0.2) is 4.79 Å². The zero-order chi connectivity index (χ0) is 21.3. The van der Waals surface area contributed by atoms with Crippen molar-refractivity contribution in [3.63, 3.8) is 0 Å². The number of amides is 1. The van der Waals surface area contributed by atoms with Crippen LogP contribution in [0, 0.1) is 0 Å². The Bertz CT molecular complexity index is 1080. The second kappa shape index (κ2) is 8.34. The van der Waals surface area contributed by atoms with Crippen LogP contribution in [0.5, 0.6) is 0 Å². The van der Waals surface area contributed by atoms with Gasteiger partial charge in [-0.05, 0) is 48.1 Å². The summed E-state index contributed by atoms with van der Waals surface area (Å²) < 4.78 is 1.86. The van der Waals surface area contributed by atoms with Crippen LogP contribution in [0.3, 0.4) is 0 Å². The van der Waals surface area contributed by atoms with Gasteiger partial charge in [0, 0.05) is 24.0 Å². The number of carbonyl (C=O) groups excluding carboxylic acids is 1. The van der Waals surface area contributed by atoms with E-state index in [9.17, 15) is 9.59 Å². The fraction of sp³-hybridized carbons (Fsp3) is 0.417. The standard InChI is InChI=1S/C24H29N3O2S/c1-24(2,3)17-8-10-19(11-9-17)30-16-22(28)26-14-12-18(13-15-26)27-21-7-5-4-6-20(21)25-23(27)29/h4-11,18H,12-16H2,1-3H3,(H,25,29). The molecule has 1 fully saturated rings. The van der Waals surface area contributed by atoms with Gasteiger partial charge >= 0.3 is 5.69 Å². The lowest BCUT2D eigenvalue weighted by Gasteiger charge is -2.32. The fourth-order valence-electron chi connectivity index (χ4n) is 4.10. The Hall–Kier alpha value is -2.47. The first-order valence-electron chi connectivity index (χ1n) is 10.5. The monoisotopic (exact) mass is 423 g/mol. The first kappa shape index (κ1) is 20.8. The molecule has 0 unspecified atom stereocenters. The number of hydrogen-bond acceptors (Lipinski definition) is 3. The molecular formula is C24H29N3O2S. The molecule has 1 aliphatic heterocycles. The van der Waals surface area contributed by atoms with Crippen LogP contribution in [0.1, 0.15) is 45.2 Å². The number of H-pyrrole nitrogens is 1. The lowest BCUT2D eigenvalue weighted by molar-refractivity contribution is -0.129. The van der Waals surface area contributed by atoms with E-state index in [1.807, 2.05) is 33.7 Å². The van der Waals surface area contributed by atoms with E-state index in [-0.39, 0.29) is 23.1 Å². The van der Waals surface area contributed by atoms with E-state index in [2.05, 4.69) is 50.0 Å². The third-order valence-electron chi connectivity index (χ3n) is 5.89. The van der Waals surface area contributed by atoms with Crippen LogP contribution in [0.2, 0.25) is 0 Å². The summed E-state index contributed by atoms with van der Waals surface area (Å²) in [6.45, 7) is 7.99. The summed E-state index contributed by atoms with van der Waals surface area (Å²) in [5.74, 6) is 0.622. The molecule has 1 amide bonds. The van der Waals surface area contributed by atoms with Crippen LogP contribution in [0.25, 0.3) is 11.0 Å². The number of likely N-dealkylation sites (tertiary alicyclic amines) is 1. The summed E-state index contributed by atoms with van der Waals surface area (Å²) in [7, 11) is 0. The highest BCUT2D eigenvalue weighted by Crippen LogP contribution is 2.28. The molecule has 0 bridgehead atoms. The van der Waals surface area contributed by atoms with E-state index < -0.39 is 0 Å². The quantitative estimate of drug-likeness (QED) is 0.625. The average molecular weight is 424 g/mol. The Morgan fingerprint density at radius 3 is 2.40 bits per heavy atom. The van der Waals surface area contributed by atoms with E-state index in [1.54, 1.807) is 11.8 Å². The van der Waals surface area contributed by atoms with Crippen molar-refractivity contribution in [2.75, 3.05) is 18.8 Å². The second-order valence-electron chi connectivity index (χ2n) is 8.99. The lowest BCUT2D eigenvalue weighted by atomic mass is 9.87. The molecule has 0 aliphatic carbocycles. The predicted octanol–water partition coefficient (Wildman–Crippen LogP) is 4.58. The van der Waals surface area contributed by atoms with Crippen molar-refractivity contribution in [2.45, 2.75) is 50.0 Å². The summed E-state index contributed by atoms with van der Waals surface area (Å²) in [6.07, 6.45) is 1.61. The molecule has 1 saturated heterocycles. The topological polar surface area (TPSA) is 58.1 Å². The maximum Gasteiger partial charge on any atom is 0.326 e. The molecule has 2 heterocycles. The molecule has 0 saturated carbocycles. The number of hydrogen-bond donors (Lipinski definition) is 1. The van der Waals surface area contributed by atoms with Gasteiger partial charge in [-0.1, -0.05) is 45.0 Å². The van der Waals surface area contributed by atoms with Crippen molar-refractivity contribution in [3.05, 3.63) is 64.6 Å². The summed E-state index contributed by atoms with van der Waals surface area (Å²) in [4.78, 5) is 31.1. The van der Waals surface area contributed by atoms with Gasteiger partial charge in [-0.3, -0.25) is 9.36 Å². The summed E-state index contributed by atoms with van der Waals surface area (Å²) in [6, 6.07) is 16.4. The number of para-hydroxylation sites is 2. The molecule has 30 heavy (non-hydrogen) atoms. The second-order valence-corrected chi connectivity index (χ2v) is 10.0. The van der Waals surface area contributed by atoms with Crippen LogP contribution >= 0.6 is 11.8 Å². The minimum absolute atomic E-state index is 0.0600. The third kappa shape index (κ3) is 4.33. The molecule has 0 spiro atoms. The summed E-state index contributed by atoms with van der Waals surface area (Å²) in [5.41, 5.74) is 3.19. The van der Waals surface area contributed by atoms with Gasteiger partial charge in [-0.15, -0.1) is 11.8 Å². The Morgan fingerprint density at radius 2 is 1.73 bits per heavy atom. The molecule has 2 aromatic carbocycles. The molecular weight excluding hydrogens is 394 g/mol. The van der Waals surface area contributed by atoms with Crippen molar-refractivity contribution >= 4 is 28.7 Å². The molecule has 3 aromatic rings. The van der Waals surface area contributed by atoms with Crippen molar-refractivity contribution in [3.8, 4) is 0 Å². The number of aromatic nitrogens is 2. The van der Waals surface area contributed by atoms with Gasteiger partial charge in [0.1, 0.15) is 0 Å². The van der Waals surface area contributed by atoms with Crippen molar-refractivity contribution in [1.29, 1.82) is 0 Å². The molecule has 5 nitrogen and oxygen atoms in total. The SMILES string of the molecule is CC(C)(C)c1ccc(SCC(=O)N2CCC(n3c(=O)[nH]c4ccccc43)CC2)cc1. The molecule has 6 heteroatoms. The third-order valence-corrected chi connectivity index (χ3v) is 6.89. The largest absolute Gasteiger partial charge is 0.342 e. The first-order valence-corrected chi connectivity index (χ1v) is 11.5. The number of fused-ring (bicyclic) bond motifs is 1. The minimum atomic E-state index is -0.0600. The van der Waals surface area contributed by atoms with Crippen molar-refractivity contribution in [2.24, 2.45) is 0 Å². The maximum atomic E-state index is 12.7. The molecule has 158 valence electrons.